The van der Waals surface area contributed by atoms with E-state index in [4.69, 9.17) is 15.2 Å². The molecule has 0 spiro atoms. The molecule has 1 atom stereocenters. The van der Waals surface area contributed by atoms with E-state index in [1.165, 1.54) is 0 Å². The van der Waals surface area contributed by atoms with E-state index in [1.807, 2.05) is 42.5 Å². The predicted molar refractivity (Wildman–Crippen MR) is 85.5 cm³/mol. The third-order valence-electron chi connectivity index (χ3n) is 3.78. The first kappa shape index (κ1) is 14.4. The Labute approximate surface area is 129 Å². The smallest absolute Gasteiger partial charge is 0.305 e. The van der Waals surface area contributed by atoms with Gasteiger partial charge in [-0.2, -0.15) is 0 Å². The molecule has 0 aromatic heterocycles. The van der Waals surface area contributed by atoms with Crippen LogP contribution in [0, 0.1) is 0 Å². The van der Waals surface area contributed by atoms with Gasteiger partial charge >= 0.3 is 5.97 Å². The Morgan fingerprint density at radius 1 is 1.23 bits per heavy atom. The first-order valence-electron chi connectivity index (χ1n) is 7.50. The maximum atomic E-state index is 11.6. The third kappa shape index (κ3) is 2.77. The lowest BCUT2D eigenvalue weighted by atomic mass is 9.90. The van der Waals surface area contributed by atoms with Crippen molar-refractivity contribution < 1.29 is 14.3 Å². The zero-order valence-electron chi connectivity index (χ0n) is 12.5. The molecule has 0 fully saturated rings. The Morgan fingerprint density at radius 3 is 2.86 bits per heavy atom. The highest BCUT2D eigenvalue weighted by Crippen LogP contribution is 2.44. The molecule has 2 N–H and O–H groups in total. The summed E-state index contributed by atoms with van der Waals surface area (Å²) >= 11 is 0. The molecule has 4 nitrogen and oxygen atoms in total. The van der Waals surface area contributed by atoms with Gasteiger partial charge in [0.1, 0.15) is 11.9 Å². The van der Waals surface area contributed by atoms with Crippen LogP contribution in [0.1, 0.15) is 31.4 Å². The van der Waals surface area contributed by atoms with E-state index in [-0.39, 0.29) is 12.1 Å². The highest BCUT2D eigenvalue weighted by atomic mass is 16.5. The first-order chi connectivity index (χ1) is 10.7. The second-order valence-electron chi connectivity index (χ2n) is 5.29. The Morgan fingerprint density at radius 2 is 2.05 bits per heavy atom. The number of anilines is 1. The molecule has 0 aliphatic carbocycles. The molecule has 0 radical (unpaired) electrons. The van der Waals surface area contributed by atoms with Crippen LogP contribution in [0.2, 0.25) is 0 Å². The fourth-order valence-corrected chi connectivity index (χ4v) is 2.80. The maximum Gasteiger partial charge on any atom is 0.305 e. The minimum atomic E-state index is -0.199. The van der Waals surface area contributed by atoms with Crippen LogP contribution in [0.3, 0.4) is 0 Å². The van der Waals surface area contributed by atoms with Crippen LogP contribution < -0.4 is 10.5 Å². The van der Waals surface area contributed by atoms with Crippen molar-refractivity contribution in [1.29, 1.82) is 0 Å². The molecule has 0 saturated carbocycles. The molecule has 0 amide bonds. The van der Waals surface area contributed by atoms with E-state index >= 15 is 0 Å². The summed E-state index contributed by atoms with van der Waals surface area (Å²) in [4.78, 5) is 11.6. The Hall–Kier alpha value is -2.49. The van der Waals surface area contributed by atoms with Gasteiger partial charge in [0.05, 0.1) is 6.61 Å². The number of carbonyl (C=O) groups is 1. The van der Waals surface area contributed by atoms with Crippen LogP contribution in [-0.2, 0) is 9.53 Å². The summed E-state index contributed by atoms with van der Waals surface area (Å²) in [6.45, 7) is 2.21. The Bertz CT molecular complexity index is 696. The second kappa shape index (κ2) is 6.10. The number of carbonyl (C=O) groups excluding carboxylic acids is 1. The fraction of sp³-hybridized carbons (Fsp3) is 0.278. The monoisotopic (exact) mass is 297 g/mol. The number of fused-ring (bicyclic) bond motifs is 3. The molecule has 0 bridgehead atoms. The van der Waals surface area contributed by atoms with Gasteiger partial charge in [-0.3, -0.25) is 4.79 Å². The summed E-state index contributed by atoms with van der Waals surface area (Å²) in [5.41, 5.74) is 9.82. The van der Waals surface area contributed by atoms with Crippen LogP contribution in [0.25, 0.3) is 11.1 Å². The van der Waals surface area contributed by atoms with Gasteiger partial charge in [-0.15, -0.1) is 0 Å². The van der Waals surface area contributed by atoms with Gasteiger partial charge in [0, 0.05) is 23.2 Å². The summed E-state index contributed by atoms with van der Waals surface area (Å²) in [5.74, 6) is 0.643. The molecule has 1 unspecified atom stereocenters. The molecule has 3 rings (SSSR count). The van der Waals surface area contributed by atoms with Gasteiger partial charge in [0.25, 0.3) is 0 Å². The van der Waals surface area contributed by atoms with E-state index in [0.717, 1.165) is 22.4 Å². The summed E-state index contributed by atoms with van der Waals surface area (Å²) in [6.07, 6.45) is 0.719. The van der Waals surface area contributed by atoms with Crippen LogP contribution in [0.4, 0.5) is 5.69 Å². The van der Waals surface area contributed by atoms with Gasteiger partial charge in [-0.25, -0.2) is 0 Å². The molecule has 4 heteroatoms. The Kier molecular flexibility index (Phi) is 4.00. The quantitative estimate of drug-likeness (QED) is 0.690. The van der Waals surface area contributed by atoms with Crippen LogP contribution in [0.5, 0.6) is 5.75 Å². The molecule has 0 saturated heterocycles. The number of nitrogen functional groups attached to an aromatic ring is 1. The average Bonchev–Trinajstić information content (AvgIpc) is 2.52. The predicted octanol–water partition coefficient (Wildman–Crippen LogP) is 3.71. The molecule has 22 heavy (non-hydrogen) atoms. The lowest BCUT2D eigenvalue weighted by Gasteiger charge is -2.29. The first-order valence-corrected chi connectivity index (χ1v) is 7.50. The van der Waals surface area contributed by atoms with E-state index in [2.05, 4.69) is 0 Å². The minimum Gasteiger partial charge on any atom is -0.485 e. The number of para-hydroxylation sites is 1. The molecular weight excluding hydrogens is 278 g/mol. The van der Waals surface area contributed by atoms with Gasteiger partial charge in [0.2, 0.25) is 0 Å². The van der Waals surface area contributed by atoms with Crippen molar-refractivity contribution in [2.45, 2.75) is 25.9 Å². The van der Waals surface area contributed by atoms with E-state index in [0.29, 0.717) is 25.1 Å². The number of nitrogens with two attached hydrogens (primary N) is 1. The molecule has 1 heterocycles. The standard InChI is InChI=1S/C18H19NO3/c1-2-21-18(20)10-9-17-15-11-12(19)7-8-13(15)14-5-3-4-6-16(14)22-17/h3-8,11,17H,2,9-10,19H2,1H3. The number of rotatable bonds is 4. The Balaban J connectivity index is 1.91. The molecule has 1 aliphatic rings. The second-order valence-corrected chi connectivity index (χ2v) is 5.29. The zero-order chi connectivity index (χ0) is 15.5. The number of esters is 1. The van der Waals surface area contributed by atoms with Crippen molar-refractivity contribution in [1.82, 2.24) is 0 Å². The van der Waals surface area contributed by atoms with E-state index in [1.54, 1.807) is 6.92 Å². The fourth-order valence-electron chi connectivity index (χ4n) is 2.80. The van der Waals surface area contributed by atoms with Gasteiger partial charge in [0.15, 0.2) is 0 Å². The average molecular weight is 297 g/mol. The summed E-state index contributed by atoms with van der Waals surface area (Å²) in [6, 6.07) is 13.8. The van der Waals surface area contributed by atoms with Crippen molar-refractivity contribution in [3.8, 4) is 16.9 Å². The largest absolute Gasteiger partial charge is 0.485 e. The number of hydrogen-bond acceptors (Lipinski definition) is 4. The number of benzene rings is 2. The van der Waals surface area contributed by atoms with Crippen molar-refractivity contribution in [2.75, 3.05) is 12.3 Å². The summed E-state index contributed by atoms with van der Waals surface area (Å²) in [7, 11) is 0. The van der Waals surface area contributed by atoms with Gasteiger partial charge in [-0.05, 0) is 37.1 Å². The highest BCUT2D eigenvalue weighted by molar-refractivity contribution is 5.77. The summed E-state index contributed by atoms with van der Waals surface area (Å²) < 4.78 is 11.1. The molecule has 2 aromatic rings. The molecule has 1 aliphatic heterocycles. The van der Waals surface area contributed by atoms with E-state index in [9.17, 15) is 4.79 Å². The topological polar surface area (TPSA) is 61.5 Å². The van der Waals surface area contributed by atoms with Crippen LogP contribution in [-0.4, -0.2) is 12.6 Å². The van der Waals surface area contributed by atoms with Crippen molar-refractivity contribution in [2.24, 2.45) is 0 Å². The molecule has 114 valence electrons. The maximum absolute atomic E-state index is 11.6. The lowest BCUT2D eigenvalue weighted by molar-refractivity contribution is -0.143. The van der Waals surface area contributed by atoms with Crippen molar-refractivity contribution in [3.63, 3.8) is 0 Å². The van der Waals surface area contributed by atoms with Crippen LogP contribution in [0.15, 0.2) is 42.5 Å². The highest BCUT2D eigenvalue weighted by Gasteiger charge is 2.26. The van der Waals surface area contributed by atoms with Gasteiger partial charge in [-0.1, -0.05) is 24.3 Å². The molecule has 2 aromatic carbocycles. The summed E-state index contributed by atoms with van der Waals surface area (Å²) in [5, 5.41) is 0. The zero-order valence-corrected chi connectivity index (χ0v) is 12.5. The van der Waals surface area contributed by atoms with Gasteiger partial charge < -0.3 is 15.2 Å². The number of hydrogen-bond donors (Lipinski definition) is 1. The number of ether oxygens (including phenoxy) is 2. The third-order valence-corrected chi connectivity index (χ3v) is 3.78. The minimum absolute atomic E-state index is 0.183. The normalized spacial score (nSPS) is 15.4. The lowest BCUT2D eigenvalue weighted by Crippen LogP contribution is -2.16. The van der Waals surface area contributed by atoms with Crippen molar-refractivity contribution >= 4 is 11.7 Å². The molecular formula is C18H19NO3. The van der Waals surface area contributed by atoms with Crippen molar-refractivity contribution in [3.05, 3.63) is 48.0 Å². The van der Waals surface area contributed by atoms with Crippen LogP contribution >= 0.6 is 0 Å². The SMILES string of the molecule is CCOC(=O)CCC1Oc2ccccc2-c2ccc(N)cc21. The van der Waals surface area contributed by atoms with E-state index < -0.39 is 0 Å².